The van der Waals surface area contributed by atoms with Gasteiger partial charge in [0, 0.05) is 5.39 Å². The minimum atomic E-state index is -2.77. The van der Waals surface area contributed by atoms with Crippen LogP contribution in [0.25, 0.3) is 21.3 Å². The number of aryl methyl sites for hydroxylation is 1. The Labute approximate surface area is 223 Å². The van der Waals surface area contributed by atoms with Crippen molar-refractivity contribution in [1.29, 1.82) is 0 Å². The molecule has 198 valence electrons. The van der Waals surface area contributed by atoms with Gasteiger partial charge in [0.25, 0.3) is 12.3 Å². The number of alkyl halides is 2. The van der Waals surface area contributed by atoms with Crippen LogP contribution in [0, 0.1) is 24.0 Å². The Morgan fingerprint density at radius 1 is 1.18 bits per heavy atom. The second-order valence-electron chi connectivity index (χ2n) is 9.04. The monoisotopic (exact) mass is 550 g/mol. The second-order valence-corrected chi connectivity index (χ2v) is 10.0. The van der Waals surface area contributed by atoms with Crippen LogP contribution in [-0.2, 0) is 6.54 Å². The summed E-state index contributed by atoms with van der Waals surface area (Å²) in [5, 5.41) is 22.3. The number of fused-ring (bicyclic) bond motifs is 3. The number of carbonyl (C=O) groups is 1. The molecular weight excluding hydrogens is 530 g/mol. The average molecular weight is 551 g/mol. The van der Waals surface area contributed by atoms with Gasteiger partial charge in [-0.05, 0) is 43.2 Å². The first-order valence-electron chi connectivity index (χ1n) is 11.9. The van der Waals surface area contributed by atoms with E-state index < -0.39 is 17.5 Å². The lowest BCUT2D eigenvalue weighted by atomic mass is 10.0. The Morgan fingerprint density at radius 2 is 1.95 bits per heavy atom. The summed E-state index contributed by atoms with van der Waals surface area (Å²) in [4.78, 5) is 28.8. The number of anilines is 1. The number of benzene rings is 1. The maximum absolute atomic E-state index is 13.7. The highest BCUT2D eigenvalue weighted by atomic mass is 32.1. The summed E-state index contributed by atoms with van der Waals surface area (Å²) in [6.45, 7) is 3.35. The molecule has 0 bridgehead atoms. The molecule has 0 radical (unpaired) electrons. The number of pyridine rings is 1. The highest BCUT2D eigenvalue weighted by Gasteiger charge is 2.33. The first kappa shape index (κ1) is 24.7. The molecule has 5 aromatic rings. The van der Waals surface area contributed by atoms with E-state index in [1.54, 1.807) is 26.0 Å². The van der Waals surface area contributed by atoms with Gasteiger partial charge < -0.3 is 15.1 Å². The van der Waals surface area contributed by atoms with E-state index in [1.165, 1.54) is 10.7 Å². The van der Waals surface area contributed by atoms with Crippen LogP contribution in [0.3, 0.4) is 0 Å². The zero-order valence-corrected chi connectivity index (χ0v) is 21.4. The first-order valence-corrected chi connectivity index (χ1v) is 12.7. The molecule has 6 rings (SSSR count). The van der Waals surface area contributed by atoms with E-state index in [1.807, 2.05) is 30.3 Å². The number of halogens is 2. The fraction of sp³-hybridized carbons (Fsp3) is 0.192. The molecule has 1 aromatic carbocycles. The van der Waals surface area contributed by atoms with E-state index >= 15 is 0 Å². The molecule has 39 heavy (non-hydrogen) atoms. The minimum absolute atomic E-state index is 0.0438. The van der Waals surface area contributed by atoms with Crippen LogP contribution in [0.5, 0.6) is 0 Å². The molecule has 1 unspecified atom stereocenters. The molecule has 0 aliphatic carbocycles. The molecule has 0 saturated carbocycles. The van der Waals surface area contributed by atoms with E-state index in [0.717, 1.165) is 16.9 Å². The quantitative estimate of drug-likeness (QED) is 0.193. The molecule has 0 spiro atoms. The number of aromatic nitrogens is 3. The Hall–Kier alpha value is -4.65. The summed E-state index contributed by atoms with van der Waals surface area (Å²) >= 11 is 1.04. The molecule has 1 aliphatic rings. The van der Waals surface area contributed by atoms with Crippen molar-refractivity contribution in [2.45, 2.75) is 33.0 Å². The number of rotatable bonds is 6. The van der Waals surface area contributed by atoms with Gasteiger partial charge in [-0.25, -0.2) is 13.8 Å². The van der Waals surface area contributed by atoms with Crippen LogP contribution in [0.15, 0.2) is 52.9 Å². The van der Waals surface area contributed by atoms with Crippen molar-refractivity contribution in [3.8, 4) is 11.1 Å². The summed E-state index contributed by atoms with van der Waals surface area (Å²) in [6.07, 6.45) is -3.51. The molecule has 1 atom stereocenters. The standard InChI is InChI=1S/C26H20F2N6O4S/c1-12-21(34(36)37)13(2)33(32-12)11-15-8-9-18(38-15)24-30-20-19-16(14-6-4-3-5-7-14)10-17(23(27)28)29-26(19)39-22(20)25(35)31-24/h3-10,23-24,30H,11H2,1-2H3,(H,31,35). The van der Waals surface area contributed by atoms with Gasteiger partial charge >= 0.3 is 5.69 Å². The van der Waals surface area contributed by atoms with E-state index in [9.17, 15) is 23.7 Å². The zero-order chi connectivity index (χ0) is 27.4. The van der Waals surface area contributed by atoms with E-state index in [4.69, 9.17) is 4.42 Å². The Balaban J connectivity index is 1.37. The van der Waals surface area contributed by atoms with Crippen molar-refractivity contribution in [2.24, 2.45) is 0 Å². The zero-order valence-electron chi connectivity index (χ0n) is 20.6. The number of furan rings is 1. The highest BCUT2D eigenvalue weighted by Crippen LogP contribution is 2.45. The van der Waals surface area contributed by atoms with Crippen molar-refractivity contribution in [1.82, 2.24) is 20.1 Å². The topological polar surface area (TPSA) is 128 Å². The molecule has 2 N–H and O–H groups in total. The smallest absolute Gasteiger partial charge is 0.312 e. The Bertz CT molecular complexity index is 1760. The van der Waals surface area contributed by atoms with Gasteiger partial charge in [-0.3, -0.25) is 19.6 Å². The second kappa shape index (κ2) is 9.27. The molecule has 10 nitrogen and oxygen atoms in total. The van der Waals surface area contributed by atoms with E-state index in [0.29, 0.717) is 49.3 Å². The molecule has 4 aromatic heterocycles. The first-order chi connectivity index (χ1) is 18.7. The van der Waals surface area contributed by atoms with Crippen LogP contribution in [0.1, 0.15) is 50.9 Å². The Morgan fingerprint density at radius 3 is 2.64 bits per heavy atom. The number of hydrogen-bond acceptors (Lipinski definition) is 8. The Kier molecular flexibility index (Phi) is 5.87. The van der Waals surface area contributed by atoms with Crippen LogP contribution < -0.4 is 10.6 Å². The maximum Gasteiger partial charge on any atom is 0.312 e. The summed E-state index contributed by atoms with van der Waals surface area (Å²) in [5.74, 6) is 0.495. The largest absolute Gasteiger partial charge is 0.460 e. The predicted octanol–water partition coefficient (Wildman–Crippen LogP) is 6.12. The summed E-state index contributed by atoms with van der Waals surface area (Å²) < 4.78 is 34.8. The van der Waals surface area contributed by atoms with Crippen LogP contribution in [0.4, 0.5) is 20.2 Å². The van der Waals surface area contributed by atoms with E-state index in [-0.39, 0.29) is 23.8 Å². The number of carbonyl (C=O) groups excluding carboxylic acids is 1. The fourth-order valence-electron chi connectivity index (χ4n) is 4.78. The summed E-state index contributed by atoms with van der Waals surface area (Å²) in [5.41, 5.74) is 2.05. The van der Waals surface area contributed by atoms with Crippen LogP contribution in [0.2, 0.25) is 0 Å². The number of nitro groups is 1. The third-order valence-electron chi connectivity index (χ3n) is 6.56. The normalized spacial score (nSPS) is 14.9. The van der Waals surface area contributed by atoms with E-state index in [2.05, 4.69) is 20.7 Å². The molecule has 5 heterocycles. The predicted molar refractivity (Wildman–Crippen MR) is 140 cm³/mol. The fourth-order valence-corrected chi connectivity index (χ4v) is 5.85. The average Bonchev–Trinajstić information content (AvgIpc) is 3.60. The molecular formula is C26H20F2N6O4S. The number of thiophene rings is 1. The van der Waals surface area contributed by atoms with Gasteiger partial charge in [-0.15, -0.1) is 11.3 Å². The molecule has 13 heteroatoms. The minimum Gasteiger partial charge on any atom is -0.460 e. The third-order valence-corrected chi connectivity index (χ3v) is 7.64. The lowest BCUT2D eigenvalue weighted by Gasteiger charge is -2.25. The van der Waals surface area contributed by atoms with Crippen molar-refractivity contribution in [3.05, 3.63) is 92.1 Å². The number of nitrogens with one attached hydrogen (secondary N) is 2. The lowest BCUT2D eigenvalue weighted by molar-refractivity contribution is -0.386. The molecule has 1 aliphatic heterocycles. The van der Waals surface area contributed by atoms with Crippen LogP contribution in [-0.4, -0.2) is 25.6 Å². The summed E-state index contributed by atoms with van der Waals surface area (Å²) in [6, 6.07) is 13.8. The van der Waals surface area contributed by atoms with Gasteiger partial charge in [0.15, 0.2) is 6.17 Å². The number of hydrogen-bond donors (Lipinski definition) is 2. The van der Waals surface area contributed by atoms with Crippen molar-refractivity contribution >= 4 is 38.8 Å². The van der Waals surface area contributed by atoms with Gasteiger partial charge in [0.2, 0.25) is 0 Å². The van der Waals surface area contributed by atoms with Gasteiger partial charge in [-0.1, -0.05) is 30.3 Å². The number of amides is 1. The maximum atomic E-state index is 13.7. The molecule has 0 fully saturated rings. The van der Waals surface area contributed by atoms with Crippen molar-refractivity contribution in [3.63, 3.8) is 0 Å². The SMILES string of the molecule is Cc1nn(Cc2ccc(C3NC(=O)c4sc5nc(C(F)F)cc(-c6ccccc6)c5c4N3)o2)c(C)c1[N+](=O)[O-]. The van der Waals surface area contributed by atoms with Crippen molar-refractivity contribution < 1.29 is 22.9 Å². The lowest BCUT2D eigenvalue weighted by Crippen LogP contribution is -2.37. The number of nitrogens with zero attached hydrogens (tertiary/aromatic N) is 4. The molecule has 0 saturated heterocycles. The molecule has 1 amide bonds. The van der Waals surface area contributed by atoms with Gasteiger partial charge in [0.1, 0.15) is 38.3 Å². The van der Waals surface area contributed by atoms with Gasteiger partial charge in [-0.2, -0.15) is 5.10 Å². The van der Waals surface area contributed by atoms with Crippen molar-refractivity contribution in [2.75, 3.05) is 5.32 Å². The third kappa shape index (κ3) is 4.20. The highest BCUT2D eigenvalue weighted by molar-refractivity contribution is 7.21. The van der Waals surface area contributed by atoms with Gasteiger partial charge in [0.05, 0.1) is 17.2 Å². The van der Waals surface area contributed by atoms with Crippen LogP contribution >= 0.6 is 11.3 Å². The summed E-state index contributed by atoms with van der Waals surface area (Å²) in [7, 11) is 0.